The van der Waals surface area contributed by atoms with Crippen molar-refractivity contribution < 1.29 is 22.7 Å². The molecule has 27 heavy (non-hydrogen) atoms. The maximum absolute atomic E-state index is 12.7. The van der Waals surface area contributed by atoms with Gasteiger partial charge in [0.05, 0.1) is 12.0 Å². The molecular formula is C17H14ClN3O5S. The van der Waals surface area contributed by atoms with Gasteiger partial charge in [-0.1, -0.05) is 23.7 Å². The summed E-state index contributed by atoms with van der Waals surface area (Å²) in [6.45, 7) is 0. The van der Waals surface area contributed by atoms with Gasteiger partial charge >= 0.3 is 5.97 Å². The van der Waals surface area contributed by atoms with Crippen LogP contribution in [-0.4, -0.2) is 30.7 Å². The predicted molar refractivity (Wildman–Crippen MR) is 98.6 cm³/mol. The van der Waals surface area contributed by atoms with Crippen LogP contribution < -0.4 is 15.2 Å². The lowest BCUT2D eigenvalue weighted by molar-refractivity contribution is 0.0723. The largest absolute Gasteiger partial charge is 0.496 e. The maximum atomic E-state index is 12.7. The van der Waals surface area contributed by atoms with E-state index in [2.05, 4.69) is 5.10 Å². The molecule has 8 nitrogen and oxygen atoms in total. The molecule has 0 aliphatic rings. The van der Waals surface area contributed by atoms with Crippen LogP contribution in [0.3, 0.4) is 0 Å². The monoisotopic (exact) mass is 407 g/mol. The molecule has 0 aliphatic carbocycles. The van der Waals surface area contributed by atoms with E-state index < -0.39 is 16.0 Å². The second-order valence-corrected chi connectivity index (χ2v) is 7.50. The first-order valence-electron chi connectivity index (χ1n) is 7.55. The van der Waals surface area contributed by atoms with E-state index in [0.29, 0.717) is 14.9 Å². The summed E-state index contributed by atoms with van der Waals surface area (Å²) < 4.78 is 36.1. The number of ether oxygens (including phenoxy) is 2. The van der Waals surface area contributed by atoms with Gasteiger partial charge < -0.3 is 15.2 Å². The zero-order chi connectivity index (χ0) is 19.6. The summed E-state index contributed by atoms with van der Waals surface area (Å²) in [5.74, 6) is -0.932. The number of benzene rings is 2. The standard InChI is InChI=1S/C17H14ClN3O5S/c1-25-14-5-3-2-4-13(14)17(22)26-16-10-15(19)21(20-16)27(23,24)12-8-6-11(18)7-9-12/h2-10H,19H2,1H3. The van der Waals surface area contributed by atoms with Gasteiger partial charge in [-0.3, -0.25) is 0 Å². The summed E-state index contributed by atoms with van der Waals surface area (Å²) >= 11 is 5.77. The molecule has 3 rings (SSSR count). The second-order valence-electron chi connectivity index (χ2n) is 5.30. The van der Waals surface area contributed by atoms with Crippen molar-refractivity contribution in [3.8, 4) is 11.6 Å². The molecule has 0 bridgehead atoms. The van der Waals surface area contributed by atoms with Gasteiger partial charge in [0, 0.05) is 11.1 Å². The lowest BCUT2D eigenvalue weighted by Gasteiger charge is -2.07. The molecule has 2 aromatic carbocycles. The Bertz CT molecular complexity index is 1090. The first-order chi connectivity index (χ1) is 12.8. The molecule has 0 radical (unpaired) electrons. The average molecular weight is 408 g/mol. The van der Waals surface area contributed by atoms with Gasteiger partial charge in [0.2, 0.25) is 5.88 Å². The molecule has 2 N–H and O–H groups in total. The first kappa shape index (κ1) is 18.7. The van der Waals surface area contributed by atoms with Gasteiger partial charge in [-0.05, 0) is 36.4 Å². The van der Waals surface area contributed by atoms with Crippen LogP contribution in [0, 0.1) is 0 Å². The smallest absolute Gasteiger partial charge is 0.348 e. The number of methoxy groups -OCH3 is 1. The molecule has 0 saturated carbocycles. The van der Waals surface area contributed by atoms with Crippen LogP contribution in [0.4, 0.5) is 5.82 Å². The SMILES string of the molecule is COc1ccccc1C(=O)Oc1cc(N)n(S(=O)(=O)c2ccc(Cl)cc2)n1. The molecule has 0 fully saturated rings. The van der Waals surface area contributed by atoms with Crippen molar-refractivity contribution >= 4 is 33.4 Å². The van der Waals surface area contributed by atoms with Crippen LogP contribution >= 0.6 is 11.6 Å². The van der Waals surface area contributed by atoms with Crippen molar-refractivity contribution in [3.05, 3.63) is 65.2 Å². The van der Waals surface area contributed by atoms with Crippen LogP contribution in [0.1, 0.15) is 10.4 Å². The summed E-state index contributed by atoms with van der Waals surface area (Å²) in [6.07, 6.45) is 0. The number of hydrogen-bond acceptors (Lipinski definition) is 7. The van der Waals surface area contributed by atoms with Crippen LogP contribution in [0.5, 0.6) is 11.6 Å². The van der Waals surface area contributed by atoms with Crippen LogP contribution in [0.2, 0.25) is 5.02 Å². The van der Waals surface area contributed by atoms with Gasteiger partial charge in [0.25, 0.3) is 10.0 Å². The van der Waals surface area contributed by atoms with Crippen molar-refractivity contribution in [1.29, 1.82) is 0 Å². The molecule has 1 aromatic heterocycles. The van der Waals surface area contributed by atoms with E-state index in [1.807, 2.05) is 0 Å². The molecule has 0 spiro atoms. The zero-order valence-corrected chi connectivity index (χ0v) is 15.6. The Morgan fingerprint density at radius 2 is 1.81 bits per heavy atom. The molecule has 0 aliphatic heterocycles. The van der Waals surface area contributed by atoms with Crippen molar-refractivity contribution in [1.82, 2.24) is 9.19 Å². The highest BCUT2D eigenvalue weighted by Crippen LogP contribution is 2.24. The van der Waals surface area contributed by atoms with E-state index in [4.69, 9.17) is 26.8 Å². The van der Waals surface area contributed by atoms with Crippen molar-refractivity contribution in [3.63, 3.8) is 0 Å². The minimum Gasteiger partial charge on any atom is -0.496 e. The van der Waals surface area contributed by atoms with E-state index in [1.165, 1.54) is 37.4 Å². The second kappa shape index (κ2) is 7.29. The number of hydrogen-bond donors (Lipinski definition) is 1. The van der Waals surface area contributed by atoms with Crippen LogP contribution in [0.25, 0.3) is 0 Å². The number of aromatic nitrogens is 2. The van der Waals surface area contributed by atoms with Crippen LogP contribution in [-0.2, 0) is 10.0 Å². The fourth-order valence-corrected chi connectivity index (χ4v) is 3.59. The lowest BCUT2D eigenvalue weighted by Crippen LogP contribution is -2.17. The third kappa shape index (κ3) is 3.74. The van der Waals surface area contributed by atoms with Gasteiger partial charge in [-0.15, -0.1) is 9.19 Å². The summed E-state index contributed by atoms with van der Waals surface area (Å²) in [7, 11) is -2.66. The molecule has 0 unspecified atom stereocenters. The van der Waals surface area contributed by atoms with Gasteiger partial charge in [-0.25, -0.2) is 4.79 Å². The topological polar surface area (TPSA) is 114 Å². The number of carbonyl (C=O) groups excluding carboxylic acids is 1. The Balaban J connectivity index is 1.90. The Hall–Kier alpha value is -3.04. The Morgan fingerprint density at radius 3 is 2.48 bits per heavy atom. The number of carbonyl (C=O) groups is 1. The minimum atomic E-state index is -4.07. The van der Waals surface area contributed by atoms with E-state index in [-0.39, 0.29) is 22.2 Å². The first-order valence-corrected chi connectivity index (χ1v) is 9.36. The number of halogens is 1. The average Bonchev–Trinajstić information content (AvgIpc) is 3.03. The molecule has 0 amide bonds. The van der Waals surface area contributed by atoms with E-state index >= 15 is 0 Å². The number of rotatable bonds is 5. The zero-order valence-electron chi connectivity index (χ0n) is 14.0. The van der Waals surface area contributed by atoms with E-state index in [1.54, 1.807) is 18.2 Å². The third-order valence-electron chi connectivity index (χ3n) is 3.54. The molecular weight excluding hydrogens is 394 g/mol. The number of esters is 1. The molecule has 140 valence electrons. The van der Waals surface area contributed by atoms with Gasteiger partial charge in [-0.2, -0.15) is 8.42 Å². The molecule has 3 aromatic rings. The third-order valence-corrected chi connectivity index (χ3v) is 5.41. The minimum absolute atomic E-state index is 0.0655. The van der Waals surface area contributed by atoms with Crippen molar-refractivity contribution in [2.45, 2.75) is 4.90 Å². The summed E-state index contributed by atoms with van der Waals surface area (Å²) in [5.41, 5.74) is 5.91. The fourth-order valence-electron chi connectivity index (χ4n) is 2.27. The van der Waals surface area contributed by atoms with E-state index in [0.717, 1.165) is 6.07 Å². The Morgan fingerprint density at radius 1 is 1.15 bits per heavy atom. The Labute approximate surface area is 160 Å². The number of nitrogens with two attached hydrogens (primary N) is 1. The molecule has 10 heteroatoms. The fraction of sp³-hybridized carbons (Fsp3) is 0.0588. The number of para-hydroxylation sites is 1. The summed E-state index contributed by atoms with van der Waals surface area (Å²) in [5, 5.41) is 4.17. The quantitative estimate of drug-likeness (QED) is 0.646. The Kier molecular flexibility index (Phi) is 5.06. The highest BCUT2D eigenvalue weighted by molar-refractivity contribution is 7.90. The number of anilines is 1. The number of nitrogens with zero attached hydrogens (tertiary/aromatic N) is 2. The molecule has 1 heterocycles. The maximum Gasteiger partial charge on any atom is 0.348 e. The lowest BCUT2D eigenvalue weighted by atomic mass is 10.2. The highest BCUT2D eigenvalue weighted by Gasteiger charge is 2.23. The predicted octanol–water partition coefficient (Wildman–Crippen LogP) is 2.58. The van der Waals surface area contributed by atoms with Crippen molar-refractivity contribution in [2.75, 3.05) is 12.8 Å². The highest BCUT2D eigenvalue weighted by atomic mass is 35.5. The van der Waals surface area contributed by atoms with E-state index in [9.17, 15) is 13.2 Å². The van der Waals surface area contributed by atoms with Gasteiger partial charge in [0.1, 0.15) is 17.1 Å². The van der Waals surface area contributed by atoms with Crippen molar-refractivity contribution in [2.24, 2.45) is 0 Å². The van der Waals surface area contributed by atoms with Crippen LogP contribution in [0.15, 0.2) is 59.5 Å². The number of nitrogen functional groups attached to an aromatic ring is 1. The summed E-state index contributed by atoms with van der Waals surface area (Å²) in [6, 6.07) is 13.1. The normalized spacial score (nSPS) is 11.2. The van der Waals surface area contributed by atoms with Gasteiger partial charge in [0.15, 0.2) is 0 Å². The summed E-state index contributed by atoms with van der Waals surface area (Å²) in [4.78, 5) is 12.2. The molecule has 0 atom stereocenters. The molecule has 0 saturated heterocycles.